The van der Waals surface area contributed by atoms with Gasteiger partial charge in [0.25, 0.3) is 0 Å². The van der Waals surface area contributed by atoms with Crippen LogP contribution in [0.5, 0.6) is 0 Å². The van der Waals surface area contributed by atoms with Crippen molar-refractivity contribution in [2.24, 2.45) is 0 Å². The molecule has 0 saturated carbocycles. The number of amides is 1. The van der Waals surface area contributed by atoms with Crippen molar-refractivity contribution in [2.75, 3.05) is 6.54 Å². The predicted octanol–water partition coefficient (Wildman–Crippen LogP) is 1.27. The van der Waals surface area contributed by atoms with E-state index in [-0.39, 0.29) is 6.54 Å². The average molecular weight is 156 g/mol. The standard InChI is InChI=1S/C4H5F3NO2/c1-2-8-3(9)10-4(5,6)7/h2H2,1H3. The van der Waals surface area contributed by atoms with Crippen LogP contribution in [-0.2, 0) is 4.74 Å². The number of rotatable bonds is 1. The minimum atomic E-state index is -4.92. The molecule has 10 heavy (non-hydrogen) atoms. The Balaban J connectivity index is 3.58. The smallest absolute Gasteiger partial charge is 0.355 e. The zero-order chi connectivity index (χ0) is 8.20. The molecule has 0 rings (SSSR count). The molecule has 0 aromatic heterocycles. The zero-order valence-corrected chi connectivity index (χ0v) is 5.10. The van der Waals surface area contributed by atoms with Crippen molar-refractivity contribution < 1.29 is 22.7 Å². The highest BCUT2D eigenvalue weighted by Gasteiger charge is 2.34. The summed E-state index contributed by atoms with van der Waals surface area (Å²) in [6.45, 7) is 1.41. The number of hydrogen-bond acceptors (Lipinski definition) is 2. The minimum absolute atomic E-state index is 0.0189. The molecular formula is C4H5F3NO2. The summed E-state index contributed by atoms with van der Waals surface area (Å²) in [6.07, 6.45) is -6.52. The SMILES string of the molecule is CC[N]C(=O)OC(F)(F)F. The molecule has 0 aromatic carbocycles. The van der Waals surface area contributed by atoms with Gasteiger partial charge in [-0.05, 0) is 6.92 Å². The Morgan fingerprint density at radius 3 is 2.40 bits per heavy atom. The Labute approximate surface area is 55.2 Å². The maximum Gasteiger partial charge on any atom is 0.576 e. The van der Waals surface area contributed by atoms with Crippen molar-refractivity contribution in [3.05, 3.63) is 0 Å². The van der Waals surface area contributed by atoms with E-state index >= 15 is 0 Å². The van der Waals surface area contributed by atoms with Crippen molar-refractivity contribution in [3.8, 4) is 0 Å². The maximum atomic E-state index is 11.1. The van der Waals surface area contributed by atoms with Crippen LogP contribution in [0.3, 0.4) is 0 Å². The van der Waals surface area contributed by atoms with Gasteiger partial charge in [-0.2, -0.15) is 0 Å². The summed E-state index contributed by atoms with van der Waals surface area (Å²) in [5.41, 5.74) is 0. The van der Waals surface area contributed by atoms with Crippen molar-refractivity contribution in [1.82, 2.24) is 5.32 Å². The van der Waals surface area contributed by atoms with E-state index in [9.17, 15) is 18.0 Å². The molecule has 0 bridgehead atoms. The number of hydrogen-bond donors (Lipinski definition) is 0. The molecule has 0 N–H and O–H groups in total. The molecule has 6 heteroatoms. The number of nitrogens with zero attached hydrogens (tertiary/aromatic N) is 1. The number of carbonyl (C=O) groups is 1. The highest BCUT2D eigenvalue weighted by atomic mass is 19.4. The van der Waals surface area contributed by atoms with Crippen LogP contribution in [0.2, 0.25) is 0 Å². The van der Waals surface area contributed by atoms with Gasteiger partial charge < -0.3 is 4.74 Å². The van der Waals surface area contributed by atoms with Gasteiger partial charge in [0.2, 0.25) is 0 Å². The summed E-state index contributed by atoms with van der Waals surface area (Å²) < 4.78 is 36.3. The molecule has 0 atom stereocenters. The summed E-state index contributed by atoms with van der Waals surface area (Å²) in [4.78, 5) is 9.95. The van der Waals surface area contributed by atoms with E-state index < -0.39 is 12.5 Å². The van der Waals surface area contributed by atoms with Crippen LogP contribution < -0.4 is 5.32 Å². The zero-order valence-electron chi connectivity index (χ0n) is 5.10. The lowest BCUT2D eigenvalue weighted by Gasteiger charge is -2.04. The number of halogens is 3. The molecule has 59 valence electrons. The van der Waals surface area contributed by atoms with Gasteiger partial charge >= 0.3 is 12.5 Å². The fraction of sp³-hybridized carbons (Fsp3) is 0.750. The summed E-state index contributed by atoms with van der Waals surface area (Å²) in [7, 11) is 0. The van der Waals surface area contributed by atoms with E-state index in [0.717, 1.165) is 0 Å². The van der Waals surface area contributed by atoms with E-state index in [1.165, 1.54) is 6.92 Å². The van der Waals surface area contributed by atoms with E-state index in [2.05, 4.69) is 10.1 Å². The van der Waals surface area contributed by atoms with Gasteiger partial charge in [-0.3, -0.25) is 0 Å². The average Bonchev–Trinajstić information content (AvgIpc) is 1.59. The third-order valence-electron chi connectivity index (χ3n) is 0.490. The lowest BCUT2D eigenvalue weighted by molar-refractivity contribution is -0.291. The number of ether oxygens (including phenoxy) is 1. The summed E-state index contributed by atoms with van der Waals surface area (Å²) >= 11 is 0. The van der Waals surface area contributed by atoms with Crippen LogP contribution in [0.4, 0.5) is 18.0 Å². The topological polar surface area (TPSA) is 40.4 Å². The molecule has 0 aliphatic carbocycles. The molecule has 0 heterocycles. The normalized spacial score (nSPS) is 10.8. The molecule has 0 fully saturated rings. The van der Waals surface area contributed by atoms with Crippen LogP contribution in [0.25, 0.3) is 0 Å². The Kier molecular flexibility index (Phi) is 2.98. The minimum Gasteiger partial charge on any atom is -0.355 e. The summed E-state index contributed by atoms with van der Waals surface area (Å²) in [6, 6.07) is 0. The molecular weight excluding hydrogens is 151 g/mol. The van der Waals surface area contributed by atoms with Crippen molar-refractivity contribution in [2.45, 2.75) is 13.3 Å². The molecule has 0 aliphatic rings. The first-order chi connectivity index (χ1) is 4.45. The van der Waals surface area contributed by atoms with Gasteiger partial charge in [0.1, 0.15) is 0 Å². The van der Waals surface area contributed by atoms with E-state index in [1.807, 2.05) is 0 Å². The van der Waals surface area contributed by atoms with Crippen LogP contribution in [0.1, 0.15) is 6.92 Å². The Bertz CT molecular complexity index is 122. The monoisotopic (exact) mass is 156 g/mol. The molecule has 0 saturated heterocycles. The van der Waals surface area contributed by atoms with Gasteiger partial charge in [0.15, 0.2) is 0 Å². The second kappa shape index (κ2) is 3.28. The first-order valence-electron chi connectivity index (χ1n) is 2.43. The predicted molar refractivity (Wildman–Crippen MR) is 25.2 cm³/mol. The second-order valence-corrected chi connectivity index (χ2v) is 1.29. The van der Waals surface area contributed by atoms with Gasteiger partial charge in [0.05, 0.1) is 0 Å². The largest absolute Gasteiger partial charge is 0.576 e. The molecule has 0 aliphatic heterocycles. The highest BCUT2D eigenvalue weighted by Crippen LogP contribution is 2.15. The molecule has 0 unspecified atom stereocenters. The molecule has 1 amide bonds. The molecule has 3 nitrogen and oxygen atoms in total. The Morgan fingerprint density at radius 2 is 2.10 bits per heavy atom. The summed E-state index contributed by atoms with van der Waals surface area (Å²) in [5.74, 6) is 0. The van der Waals surface area contributed by atoms with E-state index in [0.29, 0.717) is 0 Å². The van der Waals surface area contributed by atoms with Crippen LogP contribution in [0, 0.1) is 0 Å². The van der Waals surface area contributed by atoms with Crippen LogP contribution >= 0.6 is 0 Å². The van der Waals surface area contributed by atoms with E-state index in [1.54, 1.807) is 0 Å². The molecule has 1 radical (unpaired) electrons. The Morgan fingerprint density at radius 1 is 1.60 bits per heavy atom. The number of carbonyl (C=O) groups excluding carboxylic acids is 1. The van der Waals surface area contributed by atoms with Gasteiger partial charge in [-0.1, -0.05) is 0 Å². The fourth-order valence-corrected chi connectivity index (χ4v) is 0.260. The maximum absolute atomic E-state index is 11.1. The lowest BCUT2D eigenvalue weighted by Crippen LogP contribution is -2.25. The van der Waals surface area contributed by atoms with Crippen LogP contribution in [-0.4, -0.2) is 19.0 Å². The quantitative estimate of drug-likeness (QED) is 0.573. The highest BCUT2D eigenvalue weighted by molar-refractivity contribution is 5.66. The third kappa shape index (κ3) is 5.20. The molecule has 0 aromatic rings. The fourth-order valence-electron chi connectivity index (χ4n) is 0.260. The van der Waals surface area contributed by atoms with Crippen molar-refractivity contribution in [3.63, 3.8) is 0 Å². The van der Waals surface area contributed by atoms with Crippen molar-refractivity contribution >= 4 is 6.09 Å². The van der Waals surface area contributed by atoms with Gasteiger partial charge in [0, 0.05) is 6.54 Å². The van der Waals surface area contributed by atoms with Crippen LogP contribution in [0.15, 0.2) is 0 Å². The first kappa shape index (κ1) is 9.06. The van der Waals surface area contributed by atoms with Gasteiger partial charge in [-0.25, -0.2) is 10.1 Å². The second-order valence-electron chi connectivity index (χ2n) is 1.29. The third-order valence-corrected chi connectivity index (χ3v) is 0.490. The van der Waals surface area contributed by atoms with Crippen molar-refractivity contribution in [1.29, 1.82) is 0 Å². The van der Waals surface area contributed by atoms with Gasteiger partial charge in [-0.15, -0.1) is 13.2 Å². The molecule has 0 spiro atoms. The number of alkyl halides is 3. The summed E-state index contributed by atoms with van der Waals surface area (Å²) in [5, 5.41) is 2.83. The Hall–Kier alpha value is -0.940. The van der Waals surface area contributed by atoms with E-state index in [4.69, 9.17) is 0 Å². The first-order valence-corrected chi connectivity index (χ1v) is 2.43. The lowest BCUT2D eigenvalue weighted by atomic mass is 10.8.